The molecule has 8 nitrogen and oxygen atoms in total. The van der Waals surface area contributed by atoms with Crippen LogP contribution in [0.1, 0.15) is 59.7 Å². The third kappa shape index (κ3) is 6.45. The molecular formula is C35H35ClO8. The Kier molecular flexibility index (Phi) is 10.1. The van der Waals surface area contributed by atoms with E-state index in [1.54, 1.807) is 46.8 Å². The molecule has 0 atom stereocenters. The maximum atomic E-state index is 13.3. The lowest BCUT2D eigenvalue weighted by molar-refractivity contribution is 0.0592. The molecule has 0 aliphatic heterocycles. The Morgan fingerprint density at radius 2 is 1.20 bits per heavy atom. The van der Waals surface area contributed by atoms with Crippen LogP contribution in [0.5, 0.6) is 28.7 Å². The summed E-state index contributed by atoms with van der Waals surface area (Å²) in [6.07, 6.45) is 0. The highest BCUT2D eigenvalue weighted by molar-refractivity contribution is 6.30. The van der Waals surface area contributed by atoms with Crippen molar-refractivity contribution in [3.63, 3.8) is 0 Å². The maximum absolute atomic E-state index is 13.3. The minimum absolute atomic E-state index is 0.0597. The van der Waals surface area contributed by atoms with E-state index in [2.05, 4.69) is 0 Å². The molecule has 0 unspecified atom stereocenters. The molecule has 0 aromatic heterocycles. The lowest BCUT2D eigenvalue weighted by Crippen LogP contribution is -2.13. The highest BCUT2D eigenvalue weighted by Crippen LogP contribution is 2.49. The van der Waals surface area contributed by atoms with Crippen molar-refractivity contribution in [2.75, 3.05) is 14.2 Å². The molecule has 4 aromatic carbocycles. The number of carbonyl (C=O) groups excluding carboxylic acids is 1. The minimum atomic E-state index is -1.11. The van der Waals surface area contributed by atoms with Gasteiger partial charge in [-0.2, -0.15) is 0 Å². The topological polar surface area (TPSA) is 101 Å². The zero-order valence-corrected chi connectivity index (χ0v) is 26.5. The molecule has 0 spiro atoms. The van der Waals surface area contributed by atoms with Crippen LogP contribution in [0.4, 0.5) is 0 Å². The summed E-state index contributed by atoms with van der Waals surface area (Å²) >= 11 is 6.06. The summed E-state index contributed by atoms with van der Waals surface area (Å²) < 4.78 is 30.0. The van der Waals surface area contributed by atoms with Gasteiger partial charge in [-0.1, -0.05) is 54.1 Å². The second-order valence-corrected chi connectivity index (χ2v) is 10.7. The molecule has 0 bridgehead atoms. The number of ether oxygens (including phenoxy) is 5. The van der Waals surface area contributed by atoms with Crippen LogP contribution in [-0.2, 0) is 18.0 Å². The van der Waals surface area contributed by atoms with E-state index in [1.165, 1.54) is 14.2 Å². The van der Waals surface area contributed by atoms with Crippen LogP contribution in [0.25, 0.3) is 0 Å². The summed E-state index contributed by atoms with van der Waals surface area (Å²) in [5.74, 6) is -0.208. The number of hydrogen-bond donors (Lipinski definition) is 1. The predicted molar refractivity (Wildman–Crippen MR) is 168 cm³/mol. The molecular weight excluding hydrogens is 584 g/mol. The SMILES string of the molecule is COC(=O)c1c(C)c(Oc2c(C)c(C)c(C(=O)O)c(OC)c2C)c(OCc2ccccc2)c(C)c1OCc1ccc(Cl)cc1. The average Bonchev–Trinajstić information content (AvgIpc) is 3.01. The van der Waals surface area contributed by atoms with E-state index in [0.29, 0.717) is 50.1 Å². The van der Waals surface area contributed by atoms with Gasteiger partial charge in [0.2, 0.25) is 0 Å². The van der Waals surface area contributed by atoms with Crippen LogP contribution in [0.2, 0.25) is 5.02 Å². The summed E-state index contributed by atoms with van der Waals surface area (Å²) in [6.45, 7) is 9.09. The van der Waals surface area contributed by atoms with Crippen molar-refractivity contribution >= 4 is 23.5 Å². The lowest BCUT2D eigenvalue weighted by atomic mass is 9.96. The molecule has 1 N–H and O–H groups in total. The normalized spacial score (nSPS) is 10.7. The fourth-order valence-electron chi connectivity index (χ4n) is 5.07. The fourth-order valence-corrected chi connectivity index (χ4v) is 5.20. The lowest BCUT2D eigenvalue weighted by Gasteiger charge is -2.25. The second-order valence-electron chi connectivity index (χ2n) is 10.3. The molecule has 0 amide bonds. The Morgan fingerprint density at radius 1 is 0.636 bits per heavy atom. The molecule has 230 valence electrons. The van der Waals surface area contributed by atoms with E-state index in [9.17, 15) is 14.7 Å². The van der Waals surface area contributed by atoms with Gasteiger partial charge in [-0.05, 0) is 69.0 Å². The molecule has 9 heteroatoms. The Balaban J connectivity index is 1.93. The van der Waals surface area contributed by atoms with Gasteiger partial charge in [-0.15, -0.1) is 0 Å². The maximum Gasteiger partial charge on any atom is 0.342 e. The number of carboxylic acid groups (broad SMARTS) is 1. The van der Waals surface area contributed by atoms with Crippen LogP contribution in [0.3, 0.4) is 0 Å². The van der Waals surface area contributed by atoms with Gasteiger partial charge >= 0.3 is 11.9 Å². The molecule has 0 heterocycles. The van der Waals surface area contributed by atoms with Crippen molar-refractivity contribution in [1.29, 1.82) is 0 Å². The molecule has 0 fully saturated rings. The Bertz CT molecular complexity index is 1700. The Labute approximate surface area is 262 Å². The van der Waals surface area contributed by atoms with Gasteiger partial charge < -0.3 is 28.8 Å². The van der Waals surface area contributed by atoms with E-state index in [-0.39, 0.29) is 35.8 Å². The van der Waals surface area contributed by atoms with Gasteiger partial charge in [-0.25, -0.2) is 9.59 Å². The number of esters is 1. The van der Waals surface area contributed by atoms with Gasteiger partial charge in [0, 0.05) is 21.7 Å². The standard InChI is InChI=1S/C35H35ClO8/c1-19-20(2)29(22(4)30(40-6)27(19)34(37)38)44-33-21(3)28(35(39)41-7)31(42-18-25-13-15-26(36)16-14-25)23(5)32(33)43-17-24-11-9-8-10-12-24/h8-16H,17-18H2,1-7H3,(H,37,38). The van der Waals surface area contributed by atoms with Crippen LogP contribution in [0, 0.1) is 34.6 Å². The largest absolute Gasteiger partial charge is 0.495 e. The number of hydrogen-bond acceptors (Lipinski definition) is 7. The predicted octanol–water partition coefficient (Wildman–Crippen LogP) is 8.33. The van der Waals surface area contributed by atoms with Crippen molar-refractivity contribution in [3.8, 4) is 28.7 Å². The molecule has 0 radical (unpaired) electrons. The summed E-state index contributed by atoms with van der Waals surface area (Å²) in [4.78, 5) is 25.4. The molecule has 0 saturated heterocycles. The molecule has 4 aromatic rings. The van der Waals surface area contributed by atoms with Crippen molar-refractivity contribution in [2.45, 2.75) is 47.8 Å². The Morgan fingerprint density at radius 3 is 1.77 bits per heavy atom. The van der Waals surface area contributed by atoms with Crippen LogP contribution >= 0.6 is 11.6 Å². The number of halogens is 1. The van der Waals surface area contributed by atoms with E-state index in [0.717, 1.165) is 11.1 Å². The van der Waals surface area contributed by atoms with Gasteiger partial charge in [0.1, 0.15) is 41.6 Å². The van der Waals surface area contributed by atoms with Gasteiger partial charge in [0.05, 0.1) is 14.2 Å². The molecule has 0 aliphatic carbocycles. The first-order valence-electron chi connectivity index (χ1n) is 13.9. The van der Waals surface area contributed by atoms with E-state index < -0.39 is 11.9 Å². The summed E-state index contributed by atoms with van der Waals surface area (Å²) in [5.41, 5.74) is 4.55. The highest BCUT2D eigenvalue weighted by atomic mass is 35.5. The van der Waals surface area contributed by atoms with Gasteiger partial charge in [0.15, 0.2) is 11.5 Å². The van der Waals surface area contributed by atoms with E-state index in [1.807, 2.05) is 42.5 Å². The quantitative estimate of drug-likeness (QED) is 0.167. The smallest absolute Gasteiger partial charge is 0.342 e. The molecule has 4 rings (SSSR count). The number of aromatic carboxylic acids is 1. The minimum Gasteiger partial charge on any atom is -0.495 e. The summed E-state index contributed by atoms with van der Waals surface area (Å²) in [5, 5.41) is 10.5. The highest BCUT2D eigenvalue weighted by Gasteiger charge is 2.31. The van der Waals surface area contributed by atoms with Gasteiger partial charge in [-0.3, -0.25) is 0 Å². The number of methoxy groups -OCH3 is 2. The summed E-state index contributed by atoms with van der Waals surface area (Å²) in [6, 6.07) is 16.9. The zero-order valence-electron chi connectivity index (χ0n) is 25.8. The first-order valence-corrected chi connectivity index (χ1v) is 14.3. The van der Waals surface area contributed by atoms with Crippen molar-refractivity contribution < 1.29 is 38.4 Å². The average molecular weight is 619 g/mol. The monoisotopic (exact) mass is 618 g/mol. The number of benzene rings is 4. The third-order valence-electron chi connectivity index (χ3n) is 7.55. The third-order valence-corrected chi connectivity index (χ3v) is 7.80. The number of carbonyl (C=O) groups is 2. The van der Waals surface area contributed by atoms with E-state index >= 15 is 0 Å². The first-order chi connectivity index (χ1) is 21.0. The van der Waals surface area contributed by atoms with Crippen LogP contribution < -0.4 is 18.9 Å². The zero-order chi connectivity index (χ0) is 32.1. The Hall–Kier alpha value is -4.69. The first kappa shape index (κ1) is 32.2. The van der Waals surface area contributed by atoms with Crippen molar-refractivity contribution in [3.05, 3.63) is 110 Å². The van der Waals surface area contributed by atoms with Crippen LogP contribution in [-0.4, -0.2) is 31.3 Å². The van der Waals surface area contributed by atoms with E-state index in [4.69, 9.17) is 35.3 Å². The fraction of sp³-hybridized carbons (Fsp3) is 0.257. The molecule has 44 heavy (non-hydrogen) atoms. The number of carboxylic acids is 1. The van der Waals surface area contributed by atoms with Crippen molar-refractivity contribution in [1.82, 2.24) is 0 Å². The van der Waals surface area contributed by atoms with Crippen molar-refractivity contribution in [2.24, 2.45) is 0 Å². The number of rotatable bonds is 11. The summed E-state index contributed by atoms with van der Waals surface area (Å²) in [7, 11) is 2.72. The van der Waals surface area contributed by atoms with Crippen LogP contribution in [0.15, 0.2) is 54.6 Å². The second kappa shape index (κ2) is 13.7. The molecule has 0 aliphatic rings. The molecule has 0 saturated carbocycles. The van der Waals surface area contributed by atoms with Gasteiger partial charge in [0.25, 0.3) is 0 Å².